The van der Waals surface area contributed by atoms with Crippen LogP contribution in [0, 0.1) is 0 Å². The third kappa shape index (κ3) is 4.90. The lowest BCUT2D eigenvalue weighted by molar-refractivity contribution is -0.117. The maximum atomic E-state index is 12.8. The molecule has 1 unspecified atom stereocenters. The molecule has 0 aliphatic heterocycles. The topological polar surface area (TPSA) is 89.3 Å². The Morgan fingerprint density at radius 3 is 2.40 bits per heavy atom. The van der Waals surface area contributed by atoms with Crippen molar-refractivity contribution in [2.45, 2.75) is 48.9 Å². The summed E-state index contributed by atoms with van der Waals surface area (Å²) < 4.78 is 25.6. The number of benzene rings is 2. The number of aryl methyl sites for hydroxylation is 1. The second-order valence-corrected chi connectivity index (χ2v) is 8.01. The third-order valence-corrected chi connectivity index (χ3v) is 5.64. The Morgan fingerprint density at radius 1 is 1.12 bits per heavy atom. The highest BCUT2D eigenvalue weighted by Crippen LogP contribution is 2.23. The lowest BCUT2D eigenvalue weighted by Gasteiger charge is -2.10. The summed E-state index contributed by atoms with van der Waals surface area (Å²) in [5.74, 6) is -0.320. The van der Waals surface area contributed by atoms with Gasteiger partial charge in [-0.15, -0.1) is 0 Å². The van der Waals surface area contributed by atoms with Crippen LogP contribution in [0.2, 0.25) is 0 Å². The van der Waals surface area contributed by atoms with E-state index in [4.69, 9.17) is 5.73 Å². The molecule has 0 bridgehead atoms. The number of nitrogens with two attached hydrogens (primary N) is 1. The zero-order valence-corrected chi connectivity index (χ0v) is 15.3. The number of unbranched alkanes of at least 4 members (excludes halogenated alkanes) is 1. The molecule has 1 amide bonds. The van der Waals surface area contributed by atoms with E-state index in [1.807, 2.05) is 6.07 Å². The molecule has 0 aliphatic rings. The smallest absolute Gasteiger partial charge is 0.240 e. The number of rotatable bonds is 7. The molecule has 2 aromatic carbocycles. The monoisotopic (exact) mass is 360 g/mol. The minimum Gasteiger partial charge on any atom is -0.325 e. The van der Waals surface area contributed by atoms with Gasteiger partial charge < -0.3 is 11.1 Å². The predicted octanol–water partition coefficient (Wildman–Crippen LogP) is 3.15. The van der Waals surface area contributed by atoms with Gasteiger partial charge in [-0.05, 0) is 61.7 Å². The van der Waals surface area contributed by atoms with Crippen molar-refractivity contribution in [3.63, 3.8) is 0 Å². The Balaban J connectivity index is 2.23. The summed E-state index contributed by atoms with van der Waals surface area (Å²) in [6, 6.07) is 12.5. The van der Waals surface area contributed by atoms with Crippen LogP contribution < -0.4 is 11.1 Å². The number of hydrogen-bond acceptors (Lipinski definition) is 4. The molecule has 0 saturated heterocycles. The normalized spacial score (nSPS) is 12.6. The first kappa shape index (κ1) is 19.1. The SMILES string of the molecule is CCCCc1cccc(S(=O)(=O)c2ccc(NC(=O)C(C)N)cc2)c1. The fraction of sp³-hybridized carbons (Fsp3) is 0.316. The van der Waals surface area contributed by atoms with Gasteiger partial charge in [0.2, 0.25) is 15.7 Å². The Bertz CT molecular complexity index is 828. The van der Waals surface area contributed by atoms with Crippen LogP contribution >= 0.6 is 0 Å². The van der Waals surface area contributed by atoms with E-state index >= 15 is 0 Å². The van der Waals surface area contributed by atoms with Crippen LogP contribution in [-0.4, -0.2) is 20.4 Å². The van der Waals surface area contributed by atoms with E-state index in [-0.39, 0.29) is 15.7 Å². The van der Waals surface area contributed by atoms with Gasteiger partial charge in [0.05, 0.1) is 15.8 Å². The molecule has 3 N–H and O–H groups in total. The Labute approximate surface area is 149 Å². The van der Waals surface area contributed by atoms with E-state index in [1.165, 1.54) is 12.1 Å². The van der Waals surface area contributed by atoms with E-state index in [0.717, 1.165) is 24.8 Å². The van der Waals surface area contributed by atoms with Crippen molar-refractivity contribution in [3.05, 3.63) is 54.1 Å². The van der Waals surface area contributed by atoms with Gasteiger partial charge >= 0.3 is 0 Å². The van der Waals surface area contributed by atoms with Gasteiger partial charge in [0, 0.05) is 5.69 Å². The summed E-state index contributed by atoms with van der Waals surface area (Å²) in [5, 5.41) is 2.63. The van der Waals surface area contributed by atoms with Crippen LogP contribution in [0.15, 0.2) is 58.3 Å². The summed E-state index contributed by atoms with van der Waals surface area (Å²) in [7, 11) is -3.59. The number of nitrogens with one attached hydrogen (secondary N) is 1. The molecule has 0 radical (unpaired) electrons. The highest BCUT2D eigenvalue weighted by atomic mass is 32.2. The number of anilines is 1. The number of amides is 1. The summed E-state index contributed by atoms with van der Waals surface area (Å²) in [4.78, 5) is 12.1. The summed E-state index contributed by atoms with van der Waals surface area (Å²) in [6.07, 6.45) is 2.95. The molecule has 6 heteroatoms. The molecule has 5 nitrogen and oxygen atoms in total. The Morgan fingerprint density at radius 2 is 1.80 bits per heavy atom. The zero-order valence-electron chi connectivity index (χ0n) is 14.5. The fourth-order valence-corrected chi connectivity index (χ4v) is 3.69. The van der Waals surface area contributed by atoms with Crippen molar-refractivity contribution in [3.8, 4) is 0 Å². The van der Waals surface area contributed by atoms with Crippen LogP contribution in [0.1, 0.15) is 32.3 Å². The molecular formula is C19H24N2O3S. The van der Waals surface area contributed by atoms with Crippen LogP contribution in [0.3, 0.4) is 0 Å². The molecule has 0 fully saturated rings. The number of carbonyl (C=O) groups excluding carboxylic acids is 1. The Kier molecular flexibility index (Phi) is 6.33. The van der Waals surface area contributed by atoms with Gasteiger partial charge in [-0.2, -0.15) is 0 Å². The molecule has 0 spiro atoms. The zero-order chi connectivity index (χ0) is 18.4. The predicted molar refractivity (Wildman–Crippen MR) is 99.2 cm³/mol. The average molecular weight is 360 g/mol. The molecule has 0 heterocycles. The minimum absolute atomic E-state index is 0.193. The molecular weight excluding hydrogens is 336 g/mol. The molecule has 134 valence electrons. The van der Waals surface area contributed by atoms with Crippen molar-refractivity contribution in [2.75, 3.05) is 5.32 Å². The lowest BCUT2D eigenvalue weighted by Crippen LogP contribution is -2.32. The summed E-state index contributed by atoms with van der Waals surface area (Å²) in [6.45, 7) is 3.69. The first-order valence-corrected chi connectivity index (χ1v) is 9.83. The first-order chi connectivity index (χ1) is 11.8. The van der Waals surface area contributed by atoms with Gasteiger partial charge in [0.25, 0.3) is 0 Å². The minimum atomic E-state index is -3.59. The second-order valence-electron chi connectivity index (χ2n) is 6.06. The quantitative estimate of drug-likeness (QED) is 0.794. The maximum absolute atomic E-state index is 12.8. The number of hydrogen-bond donors (Lipinski definition) is 2. The molecule has 25 heavy (non-hydrogen) atoms. The standard InChI is InChI=1S/C19H24N2O3S/c1-3-4-6-15-7-5-8-18(13-15)25(23,24)17-11-9-16(10-12-17)21-19(22)14(2)20/h5,7-14H,3-4,6,20H2,1-2H3,(H,21,22). The van der Waals surface area contributed by atoms with E-state index in [9.17, 15) is 13.2 Å². The van der Waals surface area contributed by atoms with Crippen molar-refractivity contribution in [1.82, 2.24) is 0 Å². The largest absolute Gasteiger partial charge is 0.325 e. The number of sulfone groups is 1. The van der Waals surface area contributed by atoms with E-state index < -0.39 is 15.9 Å². The Hall–Kier alpha value is -2.18. The highest BCUT2D eigenvalue weighted by Gasteiger charge is 2.18. The van der Waals surface area contributed by atoms with Gasteiger partial charge in [0.15, 0.2) is 0 Å². The van der Waals surface area contributed by atoms with Gasteiger partial charge in [-0.3, -0.25) is 4.79 Å². The fourth-order valence-electron chi connectivity index (χ4n) is 2.36. The molecule has 0 aliphatic carbocycles. The van der Waals surface area contributed by atoms with Crippen LogP contribution in [0.4, 0.5) is 5.69 Å². The third-order valence-electron chi connectivity index (χ3n) is 3.87. The van der Waals surface area contributed by atoms with Crippen LogP contribution in [0.5, 0.6) is 0 Å². The van der Waals surface area contributed by atoms with E-state index in [2.05, 4.69) is 12.2 Å². The van der Waals surface area contributed by atoms with Crippen molar-refractivity contribution < 1.29 is 13.2 Å². The average Bonchev–Trinajstić information content (AvgIpc) is 2.60. The molecule has 2 rings (SSSR count). The molecule has 2 aromatic rings. The highest BCUT2D eigenvalue weighted by molar-refractivity contribution is 7.91. The van der Waals surface area contributed by atoms with Crippen LogP contribution in [0.25, 0.3) is 0 Å². The second kappa shape index (κ2) is 8.27. The van der Waals surface area contributed by atoms with Crippen LogP contribution in [-0.2, 0) is 21.1 Å². The van der Waals surface area contributed by atoms with Gasteiger partial charge in [0.1, 0.15) is 0 Å². The molecule has 1 atom stereocenters. The van der Waals surface area contributed by atoms with Crippen molar-refractivity contribution in [2.24, 2.45) is 5.73 Å². The van der Waals surface area contributed by atoms with Gasteiger partial charge in [-0.1, -0.05) is 25.5 Å². The molecule has 0 saturated carbocycles. The van der Waals surface area contributed by atoms with Gasteiger partial charge in [-0.25, -0.2) is 8.42 Å². The van der Waals surface area contributed by atoms with E-state index in [1.54, 1.807) is 37.3 Å². The number of carbonyl (C=O) groups is 1. The van der Waals surface area contributed by atoms with Crippen molar-refractivity contribution >= 4 is 21.4 Å². The maximum Gasteiger partial charge on any atom is 0.240 e. The first-order valence-electron chi connectivity index (χ1n) is 8.35. The van der Waals surface area contributed by atoms with Crippen molar-refractivity contribution in [1.29, 1.82) is 0 Å². The summed E-state index contributed by atoms with van der Waals surface area (Å²) in [5.41, 5.74) is 7.03. The van der Waals surface area contributed by atoms with E-state index in [0.29, 0.717) is 5.69 Å². The molecule has 0 aromatic heterocycles. The summed E-state index contributed by atoms with van der Waals surface area (Å²) >= 11 is 0. The lowest BCUT2D eigenvalue weighted by atomic mass is 10.1.